The summed E-state index contributed by atoms with van der Waals surface area (Å²) >= 11 is 0. The molecule has 1 heterocycles. The summed E-state index contributed by atoms with van der Waals surface area (Å²) in [7, 11) is 0. The molecule has 0 unspecified atom stereocenters. The average molecular weight is 324 g/mol. The Hall–Kier alpha value is -3.22. The van der Waals surface area contributed by atoms with Crippen LogP contribution in [-0.2, 0) is 9.53 Å². The second kappa shape index (κ2) is 7.36. The summed E-state index contributed by atoms with van der Waals surface area (Å²) in [6.45, 7) is 1.92. The molecule has 0 spiro atoms. The zero-order chi connectivity index (χ0) is 16.8. The highest BCUT2D eigenvalue weighted by Gasteiger charge is 2.10. The molecule has 122 valence electrons. The van der Waals surface area contributed by atoms with Crippen molar-refractivity contribution in [2.75, 3.05) is 13.2 Å². The third-order valence-corrected chi connectivity index (χ3v) is 3.31. The average Bonchev–Trinajstić information content (AvgIpc) is 3.12. The summed E-state index contributed by atoms with van der Waals surface area (Å²) in [6.07, 6.45) is 4.63. The van der Waals surface area contributed by atoms with Gasteiger partial charge in [-0.05, 0) is 23.8 Å². The van der Waals surface area contributed by atoms with E-state index >= 15 is 0 Å². The maximum atomic E-state index is 11.5. The third-order valence-electron chi connectivity index (χ3n) is 3.31. The molecule has 0 atom stereocenters. The molecule has 0 aliphatic carbocycles. The zero-order valence-electron chi connectivity index (χ0n) is 13.1. The molecule has 0 bridgehead atoms. The minimum absolute atomic E-state index is 0.153. The van der Waals surface area contributed by atoms with E-state index in [0.717, 1.165) is 16.3 Å². The Kier molecular flexibility index (Phi) is 4.81. The summed E-state index contributed by atoms with van der Waals surface area (Å²) in [5.74, 6) is 0.144. The number of esters is 1. The lowest BCUT2D eigenvalue weighted by atomic mass is 10.0. The van der Waals surface area contributed by atoms with Gasteiger partial charge in [0.1, 0.15) is 18.4 Å². The highest BCUT2D eigenvalue weighted by molar-refractivity contribution is 6.02. The van der Waals surface area contributed by atoms with Crippen LogP contribution in [-0.4, -0.2) is 40.3 Å². The number of ether oxygens (including phenoxy) is 2. The van der Waals surface area contributed by atoms with Crippen LogP contribution in [0.1, 0.15) is 12.5 Å². The van der Waals surface area contributed by atoms with Crippen molar-refractivity contribution in [2.24, 2.45) is 5.10 Å². The van der Waals surface area contributed by atoms with Crippen molar-refractivity contribution >= 4 is 23.0 Å². The molecule has 0 aliphatic rings. The van der Waals surface area contributed by atoms with Gasteiger partial charge in [0.05, 0.1) is 12.8 Å². The zero-order valence-corrected chi connectivity index (χ0v) is 13.1. The molecule has 7 heteroatoms. The minimum Gasteiger partial charge on any atom is -0.481 e. The topological polar surface area (TPSA) is 78.6 Å². The van der Waals surface area contributed by atoms with Crippen molar-refractivity contribution in [3.8, 4) is 5.75 Å². The van der Waals surface area contributed by atoms with Gasteiger partial charge in [-0.2, -0.15) is 5.10 Å². The highest BCUT2D eigenvalue weighted by Crippen LogP contribution is 2.26. The van der Waals surface area contributed by atoms with E-state index in [4.69, 9.17) is 9.47 Å². The number of hydrogen-bond donors (Lipinski definition) is 0. The Balaban J connectivity index is 1.95. The van der Waals surface area contributed by atoms with E-state index in [2.05, 4.69) is 15.3 Å². The molecule has 0 N–H and O–H groups in total. The Morgan fingerprint density at radius 3 is 2.79 bits per heavy atom. The van der Waals surface area contributed by atoms with E-state index in [-0.39, 0.29) is 6.61 Å². The maximum absolute atomic E-state index is 11.5. The first-order valence-corrected chi connectivity index (χ1v) is 7.47. The summed E-state index contributed by atoms with van der Waals surface area (Å²) in [4.78, 5) is 11.5. The number of carbonyl (C=O) groups excluding carboxylic acids is 1. The lowest BCUT2D eigenvalue weighted by molar-refractivity contribution is -0.145. The minimum atomic E-state index is -0.410. The monoisotopic (exact) mass is 324 g/mol. The van der Waals surface area contributed by atoms with Gasteiger partial charge in [-0.25, -0.2) is 9.47 Å². The maximum Gasteiger partial charge on any atom is 0.344 e. The quantitative estimate of drug-likeness (QED) is 0.513. The Bertz CT molecular complexity index is 859. The summed E-state index contributed by atoms with van der Waals surface area (Å²) in [5, 5.41) is 13.7. The summed E-state index contributed by atoms with van der Waals surface area (Å²) < 4.78 is 12.0. The van der Waals surface area contributed by atoms with Crippen molar-refractivity contribution < 1.29 is 14.3 Å². The highest BCUT2D eigenvalue weighted by atomic mass is 16.6. The molecule has 0 saturated carbocycles. The smallest absolute Gasteiger partial charge is 0.344 e. The number of fused-ring (bicyclic) bond motifs is 1. The van der Waals surface area contributed by atoms with Crippen LogP contribution < -0.4 is 4.74 Å². The van der Waals surface area contributed by atoms with Gasteiger partial charge >= 0.3 is 5.97 Å². The molecule has 0 fully saturated rings. The van der Waals surface area contributed by atoms with Gasteiger partial charge in [-0.3, -0.25) is 0 Å². The van der Waals surface area contributed by atoms with Crippen LogP contribution in [0, 0.1) is 0 Å². The molecule has 1 aromatic heterocycles. The van der Waals surface area contributed by atoms with Crippen molar-refractivity contribution in [2.45, 2.75) is 6.92 Å². The second-order valence-corrected chi connectivity index (χ2v) is 4.88. The van der Waals surface area contributed by atoms with Crippen LogP contribution in [0.4, 0.5) is 0 Å². The second-order valence-electron chi connectivity index (χ2n) is 4.88. The van der Waals surface area contributed by atoms with Gasteiger partial charge in [-0.1, -0.05) is 30.3 Å². The standard InChI is InChI=1S/C17H16N4O3/c1-2-23-17(22)10-24-16-8-7-13-5-3-4-6-14(13)15(16)9-20-21-11-18-19-12-21/h3-9,11-12H,2,10H2,1H3/b20-9-. The molecule has 3 rings (SSSR count). The fraction of sp³-hybridized carbons (Fsp3) is 0.176. The predicted molar refractivity (Wildman–Crippen MR) is 89.1 cm³/mol. The number of nitrogens with zero attached hydrogens (tertiary/aromatic N) is 4. The van der Waals surface area contributed by atoms with E-state index in [1.54, 1.807) is 13.1 Å². The molecular weight excluding hydrogens is 308 g/mol. The van der Waals surface area contributed by atoms with Crippen LogP contribution in [0.5, 0.6) is 5.75 Å². The first-order chi connectivity index (χ1) is 11.8. The molecule has 2 aromatic carbocycles. The summed E-state index contributed by atoms with van der Waals surface area (Å²) in [5.41, 5.74) is 0.770. The fourth-order valence-electron chi connectivity index (χ4n) is 2.25. The van der Waals surface area contributed by atoms with E-state index in [1.165, 1.54) is 17.3 Å². The summed E-state index contributed by atoms with van der Waals surface area (Å²) in [6, 6.07) is 11.6. The fourth-order valence-corrected chi connectivity index (χ4v) is 2.25. The molecule has 0 saturated heterocycles. The van der Waals surface area contributed by atoms with Gasteiger partial charge in [0.15, 0.2) is 6.61 Å². The van der Waals surface area contributed by atoms with Crippen molar-refractivity contribution in [3.63, 3.8) is 0 Å². The third kappa shape index (κ3) is 3.57. The molecule has 0 aliphatic heterocycles. The first kappa shape index (κ1) is 15.7. The molecule has 0 amide bonds. The number of hydrogen-bond acceptors (Lipinski definition) is 6. The number of rotatable bonds is 6. The van der Waals surface area contributed by atoms with Crippen LogP contribution in [0.25, 0.3) is 10.8 Å². The van der Waals surface area contributed by atoms with Gasteiger partial charge in [0, 0.05) is 5.56 Å². The van der Waals surface area contributed by atoms with Gasteiger partial charge in [0.25, 0.3) is 0 Å². The number of carbonyl (C=O) groups is 1. The molecule has 3 aromatic rings. The lowest BCUT2D eigenvalue weighted by Gasteiger charge is -2.11. The van der Waals surface area contributed by atoms with Crippen LogP contribution in [0.3, 0.4) is 0 Å². The Morgan fingerprint density at radius 1 is 1.21 bits per heavy atom. The van der Waals surface area contributed by atoms with E-state index < -0.39 is 5.97 Å². The van der Waals surface area contributed by atoms with Crippen molar-refractivity contribution in [3.05, 3.63) is 54.6 Å². The molecule has 0 radical (unpaired) electrons. The SMILES string of the molecule is CCOC(=O)COc1ccc2ccccc2c1/C=N\n1cnnc1. The largest absolute Gasteiger partial charge is 0.481 e. The normalized spacial score (nSPS) is 11.0. The molecule has 24 heavy (non-hydrogen) atoms. The first-order valence-electron chi connectivity index (χ1n) is 7.47. The van der Waals surface area contributed by atoms with Crippen molar-refractivity contribution in [1.82, 2.24) is 14.9 Å². The van der Waals surface area contributed by atoms with E-state index in [1.807, 2.05) is 36.4 Å². The lowest BCUT2D eigenvalue weighted by Crippen LogP contribution is -2.15. The number of benzene rings is 2. The molecule has 7 nitrogen and oxygen atoms in total. The van der Waals surface area contributed by atoms with Gasteiger partial charge < -0.3 is 9.47 Å². The van der Waals surface area contributed by atoms with Gasteiger partial charge in [0.2, 0.25) is 0 Å². The van der Waals surface area contributed by atoms with Crippen LogP contribution >= 0.6 is 0 Å². The van der Waals surface area contributed by atoms with Crippen LogP contribution in [0.15, 0.2) is 54.2 Å². The number of aromatic nitrogens is 3. The van der Waals surface area contributed by atoms with E-state index in [0.29, 0.717) is 12.4 Å². The van der Waals surface area contributed by atoms with Crippen LogP contribution in [0.2, 0.25) is 0 Å². The van der Waals surface area contributed by atoms with E-state index in [9.17, 15) is 4.79 Å². The van der Waals surface area contributed by atoms with Gasteiger partial charge in [-0.15, -0.1) is 10.2 Å². The Morgan fingerprint density at radius 2 is 2.00 bits per heavy atom. The van der Waals surface area contributed by atoms with Crippen molar-refractivity contribution in [1.29, 1.82) is 0 Å². The Labute approximate surface area is 138 Å². The predicted octanol–water partition coefficient (Wildman–Crippen LogP) is 2.26. The molecular formula is C17H16N4O3.